The molecule has 1 N–H and O–H groups in total. The zero-order chi connectivity index (χ0) is 14.8. The van der Waals surface area contributed by atoms with Crippen molar-refractivity contribution in [2.45, 2.75) is 32.7 Å². The quantitative estimate of drug-likeness (QED) is 0.904. The molecule has 0 amide bonds. The van der Waals surface area contributed by atoms with Gasteiger partial charge in [0.2, 0.25) is 0 Å². The molecule has 110 valence electrons. The van der Waals surface area contributed by atoms with E-state index in [-0.39, 0.29) is 5.02 Å². The monoisotopic (exact) mass is 299 g/mol. The maximum atomic E-state index is 13.4. The number of rotatable bonds is 5. The van der Waals surface area contributed by atoms with Crippen LogP contribution in [-0.2, 0) is 11.3 Å². The number of hydrogen-bond acceptors (Lipinski definition) is 2. The van der Waals surface area contributed by atoms with E-state index in [0.29, 0.717) is 25.9 Å². The Morgan fingerprint density at radius 1 is 1.55 bits per heavy atom. The highest BCUT2D eigenvalue weighted by atomic mass is 35.5. The summed E-state index contributed by atoms with van der Waals surface area (Å²) in [4.78, 5) is 13.6. The van der Waals surface area contributed by atoms with Gasteiger partial charge in [-0.05, 0) is 37.1 Å². The third-order valence-electron chi connectivity index (χ3n) is 4.01. The van der Waals surface area contributed by atoms with Gasteiger partial charge in [0.25, 0.3) is 0 Å². The molecule has 1 aliphatic heterocycles. The normalized spacial score (nSPS) is 23.1. The van der Waals surface area contributed by atoms with Gasteiger partial charge in [-0.2, -0.15) is 0 Å². The van der Waals surface area contributed by atoms with Crippen molar-refractivity contribution >= 4 is 17.6 Å². The van der Waals surface area contributed by atoms with Crippen molar-refractivity contribution in [1.29, 1.82) is 0 Å². The predicted octanol–water partition coefficient (Wildman–Crippen LogP) is 3.56. The van der Waals surface area contributed by atoms with Crippen LogP contribution in [0.2, 0.25) is 5.02 Å². The molecule has 1 saturated heterocycles. The lowest BCUT2D eigenvalue weighted by Gasteiger charge is -2.24. The predicted molar refractivity (Wildman–Crippen MR) is 76.3 cm³/mol. The van der Waals surface area contributed by atoms with Crippen LogP contribution in [0, 0.1) is 11.2 Å². The smallest absolute Gasteiger partial charge is 0.310 e. The van der Waals surface area contributed by atoms with Crippen LogP contribution >= 0.6 is 11.6 Å². The zero-order valence-corrected chi connectivity index (χ0v) is 12.3. The lowest BCUT2D eigenvalue weighted by atomic mass is 9.83. The minimum atomic E-state index is -0.718. The number of carbonyl (C=O) groups is 1. The summed E-state index contributed by atoms with van der Waals surface area (Å²) in [5.74, 6) is -1.15. The van der Waals surface area contributed by atoms with Gasteiger partial charge in [-0.25, -0.2) is 4.39 Å². The first-order valence-electron chi connectivity index (χ1n) is 6.86. The van der Waals surface area contributed by atoms with E-state index in [1.54, 1.807) is 12.1 Å². The van der Waals surface area contributed by atoms with Gasteiger partial charge in [0.15, 0.2) is 0 Å². The van der Waals surface area contributed by atoms with Crippen LogP contribution in [0.4, 0.5) is 4.39 Å². The molecule has 1 aromatic carbocycles. The summed E-state index contributed by atoms with van der Waals surface area (Å²) < 4.78 is 13.4. The van der Waals surface area contributed by atoms with E-state index in [1.807, 2.05) is 6.92 Å². The van der Waals surface area contributed by atoms with Gasteiger partial charge in [0, 0.05) is 13.1 Å². The number of nitrogens with zero attached hydrogens (tertiary/aromatic N) is 1. The molecule has 3 nitrogen and oxygen atoms in total. The largest absolute Gasteiger partial charge is 0.481 e. The van der Waals surface area contributed by atoms with E-state index >= 15 is 0 Å². The lowest BCUT2D eigenvalue weighted by molar-refractivity contribution is -0.148. The third-order valence-corrected chi connectivity index (χ3v) is 4.31. The minimum Gasteiger partial charge on any atom is -0.481 e. The Labute approximate surface area is 123 Å². The Kier molecular flexibility index (Phi) is 4.66. The van der Waals surface area contributed by atoms with E-state index in [4.69, 9.17) is 11.6 Å². The van der Waals surface area contributed by atoms with Crippen molar-refractivity contribution in [3.8, 4) is 0 Å². The summed E-state index contributed by atoms with van der Waals surface area (Å²) in [7, 11) is 0. The van der Waals surface area contributed by atoms with Crippen LogP contribution in [-0.4, -0.2) is 29.1 Å². The van der Waals surface area contributed by atoms with Gasteiger partial charge in [-0.15, -0.1) is 0 Å². The molecule has 0 aromatic heterocycles. The number of benzene rings is 1. The molecular formula is C15H19ClFNO2. The summed E-state index contributed by atoms with van der Waals surface area (Å²) >= 11 is 5.66. The molecule has 1 fully saturated rings. The van der Waals surface area contributed by atoms with Crippen molar-refractivity contribution in [3.05, 3.63) is 34.6 Å². The highest BCUT2D eigenvalue weighted by molar-refractivity contribution is 6.30. The molecular weight excluding hydrogens is 281 g/mol. The fourth-order valence-electron chi connectivity index (χ4n) is 2.95. The van der Waals surface area contributed by atoms with E-state index in [0.717, 1.165) is 18.5 Å². The molecule has 0 bridgehead atoms. The van der Waals surface area contributed by atoms with E-state index in [9.17, 15) is 14.3 Å². The van der Waals surface area contributed by atoms with Crippen LogP contribution in [0.25, 0.3) is 0 Å². The van der Waals surface area contributed by atoms with Crippen LogP contribution in [0.3, 0.4) is 0 Å². The average molecular weight is 300 g/mol. The summed E-state index contributed by atoms with van der Waals surface area (Å²) in [6.07, 6.45) is 2.20. The van der Waals surface area contributed by atoms with Crippen LogP contribution < -0.4 is 0 Å². The van der Waals surface area contributed by atoms with Crippen LogP contribution in [0.5, 0.6) is 0 Å². The molecule has 0 radical (unpaired) electrons. The Balaban J connectivity index is 2.05. The second-order valence-electron chi connectivity index (χ2n) is 5.54. The Morgan fingerprint density at radius 3 is 2.90 bits per heavy atom. The first-order chi connectivity index (χ1) is 9.47. The molecule has 20 heavy (non-hydrogen) atoms. The second-order valence-corrected chi connectivity index (χ2v) is 5.95. The maximum Gasteiger partial charge on any atom is 0.310 e. The molecule has 1 aliphatic rings. The lowest BCUT2D eigenvalue weighted by Crippen LogP contribution is -2.34. The summed E-state index contributed by atoms with van der Waals surface area (Å²) in [5, 5.41) is 9.57. The number of carboxylic acid groups (broad SMARTS) is 1. The number of halogens is 2. The van der Waals surface area contributed by atoms with Crippen LogP contribution in [0.1, 0.15) is 31.7 Å². The van der Waals surface area contributed by atoms with Gasteiger partial charge in [-0.1, -0.05) is 31.0 Å². The van der Waals surface area contributed by atoms with Crippen molar-refractivity contribution in [3.63, 3.8) is 0 Å². The average Bonchev–Trinajstić information content (AvgIpc) is 2.79. The summed E-state index contributed by atoms with van der Waals surface area (Å²) in [5.41, 5.74) is 0.185. The van der Waals surface area contributed by atoms with Gasteiger partial charge < -0.3 is 5.11 Å². The van der Waals surface area contributed by atoms with Crippen molar-refractivity contribution < 1.29 is 14.3 Å². The number of aliphatic carboxylic acids is 1. The first kappa shape index (κ1) is 15.3. The first-order valence-corrected chi connectivity index (χ1v) is 7.24. The highest BCUT2D eigenvalue weighted by Gasteiger charge is 2.43. The molecule has 1 aromatic rings. The Bertz CT molecular complexity index is 509. The van der Waals surface area contributed by atoms with E-state index in [1.165, 1.54) is 6.07 Å². The van der Waals surface area contributed by atoms with E-state index < -0.39 is 17.2 Å². The molecule has 1 heterocycles. The molecule has 2 rings (SSSR count). The highest BCUT2D eigenvalue weighted by Crippen LogP contribution is 2.36. The summed E-state index contributed by atoms with van der Waals surface area (Å²) in [6, 6.07) is 4.74. The fourth-order valence-corrected chi connectivity index (χ4v) is 3.07. The Morgan fingerprint density at radius 2 is 2.30 bits per heavy atom. The van der Waals surface area contributed by atoms with Gasteiger partial charge in [0.1, 0.15) is 5.82 Å². The summed E-state index contributed by atoms with van der Waals surface area (Å²) in [6.45, 7) is 3.83. The zero-order valence-electron chi connectivity index (χ0n) is 11.5. The molecule has 1 unspecified atom stereocenters. The van der Waals surface area contributed by atoms with Crippen LogP contribution in [0.15, 0.2) is 18.2 Å². The van der Waals surface area contributed by atoms with Crippen molar-refractivity contribution in [2.75, 3.05) is 13.1 Å². The fraction of sp³-hybridized carbons (Fsp3) is 0.533. The number of hydrogen-bond donors (Lipinski definition) is 1. The molecule has 5 heteroatoms. The van der Waals surface area contributed by atoms with Gasteiger partial charge >= 0.3 is 5.97 Å². The molecule has 0 aliphatic carbocycles. The second kappa shape index (κ2) is 6.10. The Hall–Kier alpha value is -1.13. The SMILES string of the molecule is CCCC1(C(=O)O)CCN(Cc2ccc(Cl)c(F)c2)C1. The molecule has 1 atom stereocenters. The topological polar surface area (TPSA) is 40.5 Å². The third kappa shape index (κ3) is 3.13. The van der Waals surface area contributed by atoms with Gasteiger partial charge in [0.05, 0.1) is 10.4 Å². The molecule has 0 saturated carbocycles. The standard InChI is InChI=1S/C15H19ClFNO2/c1-2-5-15(14(19)20)6-7-18(10-15)9-11-3-4-12(16)13(17)8-11/h3-4,8H,2,5-7,9-10H2,1H3,(H,19,20). The minimum absolute atomic E-state index is 0.112. The van der Waals surface area contributed by atoms with Crippen molar-refractivity contribution in [2.24, 2.45) is 5.41 Å². The van der Waals surface area contributed by atoms with E-state index in [2.05, 4.69) is 4.90 Å². The van der Waals surface area contributed by atoms with Gasteiger partial charge in [-0.3, -0.25) is 9.69 Å². The molecule has 0 spiro atoms. The number of likely N-dealkylation sites (tertiary alicyclic amines) is 1. The maximum absolute atomic E-state index is 13.4. The number of carboxylic acids is 1. The van der Waals surface area contributed by atoms with Crippen molar-refractivity contribution in [1.82, 2.24) is 4.90 Å².